The van der Waals surface area contributed by atoms with E-state index in [2.05, 4.69) is 14.9 Å². The van der Waals surface area contributed by atoms with Gasteiger partial charge in [0.05, 0.1) is 5.69 Å². The molecule has 4 nitrogen and oxygen atoms in total. The van der Waals surface area contributed by atoms with E-state index in [1.54, 1.807) is 36.4 Å². The predicted molar refractivity (Wildman–Crippen MR) is 81.4 cm³/mol. The number of H-pyrrole nitrogens is 1. The summed E-state index contributed by atoms with van der Waals surface area (Å²) in [6.45, 7) is -2.92. The summed E-state index contributed by atoms with van der Waals surface area (Å²) in [4.78, 5) is 0. The summed E-state index contributed by atoms with van der Waals surface area (Å²) in [5.74, 6) is -0.124. The Bertz CT molecular complexity index is 821. The van der Waals surface area contributed by atoms with Crippen LogP contribution in [0.2, 0.25) is 0 Å². The fourth-order valence-corrected chi connectivity index (χ4v) is 2.17. The molecule has 1 N–H and O–H groups in total. The van der Waals surface area contributed by atoms with Crippen LogP contribution in [-0.4, -0.2) is 16.8 Å². The SMILES string of the molecule is Fc1ccccc1COc1cc(-c2ccccc2OC(F)F)[nH]n1. The number of ether oxygens (including phenoxy) is 2. The Kier molecular flexibility index (Phi) is 4.69. The standard InChI is InChI=1S/C17H13F3N2O2/c18-13-7-3-1-5-11(13)10-23-16-9-14(21-22-16)12-6-2-4-8-15(12)24-17(19)20/h1-9,17H,10H2,(H,21,22). The summed E-state index contributed by atoms with van der Waals surface area (Å²) >= 11 is 0. The number of hydrogen-bond acceptors (Lipinski definition) is 3. The van der Waals surface area contributed by atoms with Crippen LogP contribution in [0.4, 0.5) is 13.2 Å². The summed E-state index contributed by atoms with van der Waals surface area (Å²) in [7, 11) is 0. The van der Waals surface area contributed by atoms with Crippen molar-refractivity contribution in [2.75, 3.05) is 0 Å². The molecular weight excluding hydrogens is 321 g/mol. The van der Waals surface area contributed by atoms with Crippen LogP contribution in [0.1, 0.15) is 5.56 Å². The average molecular weight is 334 g/mol. The Morgan fingerprint density at radius 1 is 1.04 bits per heavy atom. The number of para-hydroxylation sites is 1. The molecule has 0 saturated heterocycles. The topological polar surface area (TPSA) is 47.1 Å². The van der Waals surface area contributed by atoms with Crippen molar-refractivity contribution in [3.05, 3.63) is 66.0 Å². The Balaban J connectivity index is 1.75. The maximum Gasteiger partial charge on any atom is 0.387 e. The summed E-state index contributed by atoms with van der Waals surface area (Å²) < 4.78 is 48.4. The lowest BCUT2D eigenvalue weighted by Crippen LogP contribution is -2.03. The van der Waals surface area contributed by atoms with Crippen LogP contribution in [0, 0.1) is 5.82 Å². The van der Waals surface area contributed by atoms with Gasteiger partial charge in [0.15, 0.2) is 0 Å². The maximum atomic E-state index is 13.5. The Morgan fingerprint density at radius 2 is 1.79 bits per heavy atom. The molecule has 124 valence electrons. The van der Waals surface area contributed by atoms with Gasteiger partial charge in [-0.1, -0.05) is 30.3 Å². The van der Waals surface area contributed by atoms with Crippen molar-refractivity contribution in [1.82, 2.24) is 10.2 Å². The zero-order chi connectivity index (χ0) is 16.9. The lowest BCUT2D eigenvalue weighted by molar-refractivity contribution is -0.0494. The molecule has 0 amide bonds. The number of aromatic amines is 1. The molecule has 3 rings (SSSR count). The number of halogens is 3. The Labute approximate surface area is 135 Å². The first-order chi connectivity index (χ1) is 11.6. The van der Waals surface area contributed by atoms with Gasteiger partial charge < -0.3 is 9.47 Å². The van der Waals surface area contributed by atoms with Crippen molar-refractivity contribution < 1.29 is 22.6 Å². The lowest BCUT2D eigenvalue weighted by Gasteiger charge is -2.08. The molecule has 24 heavy (non-hydrogen) atoms. The molecule has 0 fully saturated rings. The number of nitrogens with one attached hydrogen (secondary N) is 1. The summed E-state index contributed by atoms with van der Waals surface area (Å²) in [5, 5.41) is 6.64. The molecule has 0 radical (unpaired) electrons. The van der Waals surface area contributed by atoms with Crippen molar-refractivity contribution >= 4 is 0 Å². The van der Waals surface area contributed by atoms with E-state index in [1.807, 2.05) is 0 Å². The van der Waals surface area contributed by atoms with Crippen LogP contribution < -0.4 is 9.47 Å². The second-order valence-corrected chi connectivity index (χ2v) is 4.87. The molecule has 0 atom stereocenters. The maximum absolute atomic E-state index is 13.5. The van der Waals surface area contributed by atoms with Gasteiger partial charge in [-0.05, 0) is 18.2 Å². The predicted octanol–water partition coefficient (Wildman–Crippen LogP) is 4.40. The van der Waals surface area contributed by atoms with Crippen LogP contribution in [0.3, 0.4) is 0 Å². The number of aromatic nitrogens is 2. The minimum Gasteiger partial charge on any atom is -0.472 e. The number of benzene rings is 2. The lowest BCUT2D eigenvalue weighted by atomic mass is 10.1. The second kappa shape index (κ2) is 7.08. The highest BCUT2D eigenvalue weighted by atomic mass is 19.3. The molecule has 0 unspecified atom stereocenters. The van der Waals surface area contributed by atoms with Crippen LogP contribution in [0.5, 0.6) is 11.6 Å². The molecule has 0 aliphatic carbocycles. The largest absolute Gasteiger partial charge is 0.472 e. The molecule has 2 aromatic carbocycles. The monoisotopic (exact) mass is 334 g/mol. The molecular formula is C17H13F3N2O2. The van der Waals surface area contributed by atoms with Gasteiger partial charge in [0.1, 0.15) is 18.2 Å². The quantitative estimate of drug-likeness (QED) is 0.727. The Morgan fingerprint density at radius 3 is 2.58 bits per heavy atom. The highest BCUT2D eigenvalue weighted by Crippen LogP contribution is 2.31. The van der Waals surface area contributed by atoms with E-state index in [9.17, 15) is 13.2 Å². The fraction of sp³-hybridized carbons (Fsp3) is 0.118. The van der Waals surface area contributed by atoms with Gasteiger partial charge in [-0.15, -0.1) is 5.10 Å². The first-order valence-corrected chi connectivity index (χ1v) is 7.09. The number of nitrogens with zero attached hydrogens (tertiary/aromatic N) is 1. The fourth-order valence-electron chi connectivity index (χ4n) is 2.17. The van der Waals surface area contributed by atoms with Gasteiger partial charge in [0.25, 0.3) is 0 Å². The molecule has 0 aliphatic heterocycles. The smallest absolute Gasteiger partial charge is 0.387 e. The minimum atomic E-state index is -2.93. The highest BCUT2D eigenvalue weighted by molar-refractivity contribution is 5.67. The zero-order valence-electron chi connectivity index (χ0n) is 12.4. The van der Waals surface area contributed by atoms with E-state index >= 15 is 0 Å². The van der Waals surface area contributed by atoms with Crippen molar-refractivity contribution in [1.29, 1.82) is 0 Å². The van der Waals surface area contributed by atoms with E-state index in [0.717, 1.165) is 0 Å². The molecule has 0 aliphatic rings. The third-order valence-electron chi connectivity index (χ3n) is 3.28. The Hall–Kier alpha value is -2.96. The van der Waals surface area contributed by atoms with Crippen LogP contribution in [0.25, 0.3) is 11.3 Å². The molecule has 7 heteroatoms. The van der Waals surface area contributed by atoms with Gasteiger partial charge in [-0.2, -0.15) is 8.78 Å². The summed E-state index contributed by atoms with van der Waals surface area (Å²) in [6, 6.07) is 14.1. The average Bonchev–Trinajstić information content (AvgIpc) is 3.03. The van der Waals surface area contributed by atoms with Gasteiger partial charge in [-0.3, -0.25) is 5.10 Å². The van der Waals surface area contributed by atoms with Gasteiger partial charge in [0, 0.05) is 17.2 Å². The number of alkyl halides is 2. The van der Waals surface area contributed by atoms with E-state index in [1.165, 1.54) is 18.2 Å². The van der Waals surface area contributed by atoms with Gasteiger partial charge >= 0.3 is 6.61 Å². The third kappa shape index (κ3) is 3.68. The van der Waals surface area contributed by atoms with Crippen molar-refractivity contribution in [3.8, 4) is 22.9 Å². The molecule has 1 heterocycles. The first-order valence-electron chi connectivity index (χ1n) is 7.09. The number of hydrogen-bond donors (Lipinski definition) is 1. The molecule has 1 aromatic heterocycles. The summed E-state index contributed by atoms with van der Waals surface area (Å²) in [5.41, 5.74) is 1.27. The van der Waals surface area contributed by atoms with Crippen molar-refractivity contribution in [3.63, 3.8) is 0 Å². The first kappa shape index (κ1) is 15.9. The van der Waals surface area contributed by atoms with Crippen molar-refractivity contribution in [2.45, 2.75) is 13.2 Å². The number of rotatable bonds is 6. The summed E-state index contributed by atoms with van der Waals surface area (Å²) in [6.07, 6.45) is 0. The minimum absolute atomic E-state index is 0.00610. The van der Waals surface area contributed by atoms with Crippen LogP contribution in [0.15, 0.2) is 54.6 Å². The highest BCUT2D eigenvalue weighted by Gasteiger charge is 2.13. The molecule has 0 saturated carbocycles. The molecule has 0 bridgehead atoms. The molecule has 0 spiro atoms. The van der Waals surface area contributed by atoms with Gasteiger partial charge in [-0.25, -0.2) is 4.39 Å². The van der Waals surface area contributed by atoms with Crippen LogP contribution >= 0.6 is 0 Å². The second-order valence-electron chi connectivity index (χ2n) is 4.87. The van der Waals surface area contributed by atoms with E-state index in [-0.39, 0.29) is 24.1 Å². The van der Waals surface area contributed by atoms with Crippen LogP contribution in [-0.2, 0) is 6.61 Å². The van der Waals surface area contributed by atoms with E-state index in [0.29, 0.717) is 16.8 Å². The zero-order valence-corrected chi connectivity index (χ0v) is 12.4. The van der Waals surface area contributed by atoms with E-state index < -0.39 is 6.61 Å². The molecule has 3 aromatic rings. The van der Waals surface area contributed by atoms with Gasteiger partial charge in [0.2, 0.25) is 5.88 Å². The van der Waals surface area contributed by atoms with Crippen molar-refractivity contribution in [2.24, 2.45) is 0 Å². The van der Waals surface area contributed by atoms with E-state index in [4.69, 9.17) is 4.74 Å². The third-order valence-corrected chi connectivity index (χ3v) is 3.28. The normalized spacial score (nSPS) is 10.8.